The van der Waals surface area contributed by atoms with Crippen molar-refractivity contribution in [1.29, 1.82) is 0 Å². The Labute approximate surface area is 113 Å². The fourth-order valence-electron chi connectivity index (χ4n) is 1.67. The zero-order chi connectivity index (χ0) is 14.3. The molecule has 0 aromatic heterocycles. The molecule has 1 aromatic carbocycles. The van der Waals surface area contributed by atoms with Crippen LogP contribution >= 0.6 is 0 Å². The first kappa shape index (κ1) is 15.2. The lowest BCUT2D eigenvalue weighted by molar-refractivity contribution is -0.120. The summed E-state index contributed by atoms with van der Waals surface area (Å²) in [6, 6.07) is 7.02. The van der Waals surface area contributed by atoms with E-state index < -0.39 is 6.04 Å². The van der Waals surface area contributed by atoms with E-state index in [4.69, 9.17) is 5.73 Å². The van der Waals surface area contributed by atoms with Gasteiger partial charge in [0.25, 0.3) is 0 Å². The van der Waals surface area contributed by atoms with Gasteiger partial charge in [-0.05, 0) is 31.4 Å². The van der Waals surface area contributed by atoms with Crippen LogP contribution in [0.15, 0.2) is 24.3 Å². The van der Waals surface area contributed by atoms with E-state index in [-0.39, 0.29) is 11.8 Å². The lowest BCUT2D eigenvalue weighted by Gasteiger charge is -2.12. The Bertz CT molecular complexity index is 444. The number of para-hydroxylation sites is 1. The quantitative estimate of drug-likeness (QED) is 0.717. The van der Waals surface area contributed by atoms with Gasteiger partial charge in [0.1, 0.15) is 0 Å². The number of anilines is 1. The molecule has 0 aliphatic rings. The molecule has 0 aliphatic heterocycles. The summed E-state index contributed by atoms with van der Waals surface area (Å²) in [5.41, 5.74) is 7.31. The molecule has 5 heteroatoms. The third-order valence-corrected chi connectivity index (χ3v) is 2.82. The number of amides is 2. The van der Waals surface area contributed by atoms with Crippen molar-refractivity contribution in [3.63, 3.8) is 0 Å². The van der Waals surface area contributed by atoms with Gasteiger partial charge in [0, 0.05) is 19.2 Å². The van der Waals surface area contributed by atoms with Crippen LogP contribution in [0.2, 0.25) is 0 Å². The summed E-state index contributed by atoms with van der Waals surface area (Å²) in [4.78, 5) is 22.7. The third-order valence-electron chi connectivity index (χ3n) is 2.82. The summed E-state index contributed by atoms with van der Waals surface area (Å²) in [7, 11) is 1.62. The minimum absolute atomic E-state index is 0.0251. The Morgan fingerprint density at radius 1 is 1.32 bits per heavy atom. The molecule has 0 spiro atoms. The molecule has 1 aromatic rings. The second-order valence-corrected chi connectivity index (χ2v) is 4.46. The predicted octanol–water partition coefficient (Wildman–Crippen LogP) is 1.04. The van der Waals surface area contributed by atoms with Crippen molar-refractivity contribution in [2.24, 2.45) is 5.73 Å². The summed E-state index contributed by atoms with van der Waals surface area (Å²) < 4.78 is 0. The van der Waals surface area contributed by atoms with Crippen molar-refractivity contribution in [1.82, 2.24) is 5.32 Å². The van der Waals surface area contributed by atoms with Crippen LogP contribution in [0.5, 0.6) is 0 Å². The second-order valence-electron chi connectivity index (χ2n) is 4.46. The third kappa shape index (κ3) is 5.09. The van der Waals surface area contributed by atoms with Gasteiger partial charge >= 0.3 is 0 Å². The van der Waals surface area contributed by atoms with Gasteiger partial charge in [-0.2, -0.15) is 0 Å². The summed E-state index contributed by atoms with van der Waals surface area (Å²) in [5.74, 6) is -0.184. The second kappa shape index (κ2) is 7.53. The molecular formula is C14H21N3O2. The first-order valence-corrected chi connectivity index (χ1v) is 6.39. The SMILES string of the molecule is CNC(=O)CCCc1ccccc1NC(=O)[C@@H](C)N. The van der Waals surface area contributed by atoms with E-state index >= 15 is 0 Å². The van der Waals surface area contributed by atoms with Gasteiger partial charge in [-0.15, -0.1) is 0 Å². The molecule has 2 amide bonds. The van der Waals surface area contributed by atoms with E-state index in [1.165, 1.54) is 0 Å². The summed E-state index contributed by atoms with van der Waals surface area (Å²) in [6.45, 7) is 1.64. The van der Waals surface area contributed by atoms with Crippen LogP contribution < -0.4 is 16.4 Å². The van der Waals surface area contributed by atoms with E-state index in [0.29, 0.717) is 6.42 Å². The number of carbonyl (C=O) groups excluding carboxylic acids is 2. The van der Waals surface area contributed by atoms with Crippen LogP contribution in [0.25, 0.3) is 0 Å². The van der Waals surface area contributed by atoms with E-state index in [0.717, 1.165) is 24.1 Å². The number of benzene rings is 1. The molecule has 19 heavy (non-hydrogen) atoms. The molecule has 1 rings (SSSR count). The highest BCUT2D eigenvalue weighted by molar-refractivity contribution is 5.95. The van der Waals surface area contributed by atoms with Crippen molar-refractivity contribution < 1.29 is 9.59 Å². The number of hydrogen-bond donors (Lipinski definition) is 3. The molecular weight excluding hydrogens is 242 g/mol. The van der Waals surface area contributed by atoms with Crippen LogP contribution in [-0.2, 0) is 16.0 Å². The van der Waals surface area contributed by atoms with Gasteiger partial charge in [-0.25, -0.2) is 0 Å². The van der Waals surface area contributed by atoms with E-state index in [1.807, 2.05) is 24.3 Å². The standard InChI is InChI=1S/C14H21N3O2/c1-10(15)14(19)17-12-8-4-3-6-11(12)7-5-9-13(18)16-2/h3-4,6,8,10H,5,7,9,15H2,1-2H3,(H,16,18)(H,17,19)/t10-/m1/s1. The summed E-state index contributed by atoms with van der Waals surface area (Å²) in [5, 5.41) is 5.39. The van der Waals surface area contributed by atoms with Crippen molar-refractivity contribution in [3.05, 3.63) is 29.8 Å². The maximum Gasteiger partial charge on any atom is 0.241 e. The molecule has 0 bridgehead atoms. The molecule has 4 N–H and O–H groups in total. The Kier molecular flexibility index (Phi) is 6.02. The van der Waals surface area contributed by atoms with Gasteiger partial charge in [0.05, 0.1) is 6.04 Å². The first-order chi connectivity index (χ1) is 9.04. The first-order valence-electron chi connectivity index (χ1n) is 6.39. The van der Waals surface area contributed by atoms with Crippen LogP contribution in [0.3, 0.4) is 0 Å². The number of nitrogens with two attached hydrogens (primary N) is 1. The highest BCUT2D eigenvalue weighted by atomic mass is 16.2. The summed E-state index contributed by atoms with van der Waals surface area (Å²) in [6.07, 6.45) is 1.96. The fourth-order valence-corrected chi connectivity index (χ4v) is 1.67. The average Bonchev–Trinajstić information content (AvgIpc) is 2.40. The monoisotopic (exact) mass is 263 g/mol. The minimum atomic E-state index is -0.543. The average molecular weight is 263 g/mol. The zero-order valence-corrected chi connectivity index (χ0v) is 11.4. The van der Waals surface area contributed by atoms with E-state index in [9.17, 15) is 9.59 Å². The van der Waals surface area contributed by atoms with Crippen molar-refractivity contribution in [3.8, 4) is 0 Å². The normalized spacial score (nSPS) is 11.7. The Morgan fingerprint density at radius 3 is 2.63 bits per heavy atom. The van der Waals surface area contributed by atoms with Gasteiger partial charge in [0.15, 0.2) is 0 Å². The van der Waals surface area contributed by atoms with Crippen LogP contribution in [-0.4, -0.2) is 24.9 Å². The molecule has 0 saturated heterocycles. The zero-order valence-electron chi connectivity index (χ0n) is 11.4. The summed E-state index contributed by atoms with van der Waals surface area (Å²) >= 11 is 0. The molecule has 104 valence electrons. The van der Waals surface area contributed by atoms with Crippen molar-refractivity contribution in [2.45, 2.75) is 32.2 Å². The molecule has 0 radical (unpaired) electrons. The van der Waals surface area contributed by atoms with Gasteiger partial charge in [-0.3, -0.25) is 9.59 Å². The molecule has 0 saturated carbocycles. The van der Waals surface area contributed by atoms with Gasteiger partial charge < -0.3 is 16.4 Å². The molecule has 0 heterocycles. The van der Waals surface area contributed by atoms with Crippen LogP contribution in [0.1, 0.15) is 25.3 Å². The number of hydrogen-bond acceptors (Lipinski definition) is 3. The predicted molar refractivity (Wildman–Crippen MR) is 75.7 cm³/mol. The largest absolute Gasteiger partial charge is 0.359 e. The molecule has 1 atom stereocenters. The van der Waals surface area contributed by atoms with Crippen molar-refractivity contribution in [2.75, 3.05) is 12.4 Å². The number of carbonyl (C=O) groups is 2. The lowest BCUT2D eigenvalue weighted by atomic mass is 10.1. The highest BCUT2D eigenvalue weighted by Crippen LogP contribution is 2.17. The van der Waals surface area contributed by atoms with Gasteiger partial charge in [0.2, 0.25) is 11.8 Å². The van der Waals surface area contributed by atoms with Crippen molar-refractivity contribution >= 4 is 17.5 Å². The number of rotatable bonds is 6. The molecule has 0 fully saturated rings. The smallest absolute Gasteiger partial charge is 0.241 e. The maximum atomic E-state index is 11.6. The van der Waals surface area contributed by atoms with Crippen LogP contribution in [0.4, 0.5) is 5.69 Å². The topological polar surface area (TPSA) is 84.2 Å². The minimum Gasteiger partial charge on any atom is -0.359 e. The van der Waals surface area contributed by atoms with Crippen LogP contribution in [0, 0.1) is 0 Å². The molecule has 0 unspecified atom stereocenters. The van der Waals surface area contributed by atoms with E-state index in [2.05, 4.69) is 10.6 Å². The highest BCUT2D eigenvalue weighted by Gasteiger charge is 2.10. The Morgan fingerprint density at radius 2 is 2.00 bits per heavy atom. The maximum absolute atomic E-state index is 11.6. The lowest BCUT2D eigenvalue weighted by Crippen LogP contribution is -2.32. The Hall–Kier alpha value is -1.88. The molecule has 0 aliphatic carbocycles. The van der Waals surface area contributed by atoms with Gasteiger partial charge in [-0.1, -0.05) is 18.2 Å². The Balaban J connectivity index is 2.63. The molecule has 5 nitrogen and oxygen atoms in total. The fraction of sp³-hybridized carbons (Fsp3) is 0.429. The number of nitrogens with one attached hydrogen (secondary N) is 2. The van der Waals surface area contributed by atoms with E-state index in [1.54, 1.807) is 14.0 Å². The number of aryl methyl sites for hydroxylation is 1.